The van der Waals surface area contributed by atoms with Gasteiger partial charge in [0, 0.05) is 10.7 Å². The van der Waals surface area contributed by atoms with Crippen LogP contribution >= 0.6 is 11.6 Å². The van der Waals surface area contributed by atoms with Crippen molar-refractivity contribution in [1.82, 2.24) is 0 Å². The molecule has 0 fully saturated rings. The molecule has 110 valence electrons. The molecule has 2 aromatic carbocycles. The Morgan fingerprint density at radius 2 is 1.90 bits per heavy atom. The number of hydrogen-bond donors (Lipinski definition) is 1. The molecule has 0 saturated heterocycles. The average molecular weight is 304 g/mol. The van der Waals surface area contributed by atoms with Gasteiger partial charge in [-0.2, -0.15) is 0 Å². The third-order valence-corrected chi connectivity index (χ3v) is 3.49. The number of halogens is 1. The third kappa shape index (κ3) is 4.23. The van der Waals surface area contributed by atoms with Crippen LogP contribution < -0.4 is 10.1 Å². The van der Waals surface area contributed by atoms with E-state index in [4.69, 9.17) is 16.3 Å². The first-order valence-corrected chi connectivity index (χ1v) is 7.14. The lowest BCUT2D eigenvalue weighted by molar-refractivity contribution is -0.122. The molecule has 0 aliphatic carbocycles. The maximum Gasteiger partial charge on any atom is 0.265 e. The summed E-state index contributed by atoms with van der Waals surface area (Å²) in [6, 6.07) is 12.8. The molecule has 0 saturated carbocycles. The normalized spacial score (nSPS) is 11.8. The number of benzene rings is 2. The van der Waals surface area contributed by atoms with E-state index < -0.39 is 6.10 Å². The molecule has 0 aliphatic heterocycles. The average Bonchev–Trinajstić information content (AvgIpc) is 2.43. The van der Waals surface area contributed by atoms with Gasteiger partial charge in [0.15, 0.2) is 6.10 Å². The van der Waals surface area contributed by atoms with E-state index in [9.17, 15) is 4.79 Å². The van der Waals surface area contributed by atoms with Crippen LogP contribution in [0.15, 0.2) is 42.5 Å². The number of nitrogens with one attached hydrogen (secondary N) is 1. The Labute approximate surface area is 129 Å². The first kappa shape index (κ1) is 15.4. The van der Waals surface area contributed by atoms with Crippen LogP contribution in [0.25, 0.3) is 0 Å². The zero-order chi connectivity index (χ0) is 15.4. The molecule has 1 atom stereocenters. The van der Waals surface area contributed by atoms with Gasteiger partial charge in [0.25, 0.3) is 5.91 Å². The molecule has 21 heavy (non-hydrogen) atoms. The lowest BCUT2D eigenvalue weighted by atomic mass is 10.1. The second kappa shape index (κ2) is 6.64. The van der Waals surface area contributed by atoms with Gasteiger partial charge in [0.1, 0.15) is 5.75 Å². The van der Waals surface area contributed by atoms with Crippen LogP contribution in [0.3, 0.4) is 0 Å². The minimum Gasteiger partial charge on any atom is -0.481 e. The molecule has 0 aliphatic rings. The van der Waals surface area contributed by atoms with Crippen molar-refractivity contribution in [3.05, 3.63) is 58.6 Å². The zero-order valence-electron chi connectivity index (χ0n) is 12.3. The number of anilines is 1. The highest BCUT2D eigenvalue weighted by molar-refractivity contribution is 6.30. The minimum atomic E-state index is -0.592. The van der Waals surface area contributed by atoms with Crippen molar-refractivity contribution in [1.29, 1.82) is 0 Å². The summed E-state index contributed by atoms with van der Waals surface area (Å²) in [6.45, 7) is 5.77. The fourth-order valence-corrected chi connectivity index (χ4v) is 2.05. The van der Waals surface area contributed by atoms with Gasteiger partial charge >= 0.3 is 0 Å². The summed E-state index contributed by atoms with van der Waals surface area (Å²) in [6.07, 6.45) is -0.592. The SMILES string of the molecule is Cc1ccc(OC(C)C(=O)Nc2cccc(Cl)c2)cc1C. The highest BCUT2D eigenvalue weighted by atomic mass is 35.5. The lowest BCUT2D eigenvalue weighted by Crippen LogP contribution is -2.30. The molecule has 0 bridgehead atoms. The Morgan fingerprint density at radius 1 is 1.14 bits per heavy atom. The molecule has 0 heterocycles. The van der Waals surface area contributed by atoms with Crippen molar-refractivity contribution in [2.45, 2.75) is 26.9 Å². The molecule has 2 rings (SSSR count). The number of hydrogen-bond acceptors (Lipinski definition) is 2. The van der Waals surface area contributed by atoms with Gasteiger partial charge in [0.05, 0.1) is 0 Å². The fourth-order valence-electron chi connectivity index (χ4n) is 1.85. The van der Waals surface area contributed by atoms with E-state index in [0.717, 1.165) is 5.56 Å². The molecular formula is C17H18ClNO2. The molecule has 2 aromatic rings. The first-order valence-electron chi connectivity index (χ1n) is 6.76. The Balaban J connectivity index is 2.00. The zero-order valence-corrected chi connectivity index (χ0v) is 13.1. The van der Waals surface area contributed by atoms with E-state index in [-0.39, 0.29) is 5.91 Å². The summed E-state index contributed by atoms with van der Waals surface area (Å²) in [5.41, 5.74) is 2.98. The lowest BCUT2D eigenvalue weighted by Gasteiger charge is -2.15. The van der Waals surface area contributed by atoms with Crippen LogP contribution in [0, 0.1) is 13.8 Å². The first-order chi connectivity index (χ1) is 9.95. The van der Waals surface area contributed by atoms with Gasteiger partial charge in [-0.15, -0.1) is 0 Å². The standard InChI is InChI=1S/C17H18ClNO2/c1-11-7-8-16(9-12(11)2)21-13(3)17(20)19-15-6-4-5-14(18)10-15/h4-10,13H,1-3H3,(H,19,20). The highest BCUT2D eigenvalue weighted by Crippen LogP contribution is 2.19. The summed E-state index contributed by atoms with van der Waals surface area (Å²) < 4.78 is 5.67. The van der Waals surface area contributed by atoms with Gasteiger partial charge in [-0.1, -0.05) is 23.7 Å². The van der Waals surface area contributed by atoms with Gasteiger partial charge in [-0.25, -0.2) is 0 Å². The molecule has 1 N–H and O–H groups in total. The van der Waals surface area contributed by atoms with E-state index in [2.05, 4.69) is 5.32 Å². The Kier molecular flexibility index (Phi) is 4.86. The summed E-state index contributed by atoms with van der Waals surface area (Å²) in [5, 5.41) is 3.36. The molecule has 3 nitrogen and oxygen atoms in total. The number of carbonyl (C=O) groups excluding carboxylic acids is 1. The topological polar surface area (TPSA) is 38.3 Å². The van der Waals surface area contributed by atoms with Gasteiger partial charge in [-0.3, -0.25) is 4.79 Å². The van der Waals surface area contributed by atoms with Crippen LogP contribution in [0.5, 0.6) is 5.75 Å². The predicted octanol–water partition coefficient (Wildman–Crippen LogP) is 4.36. The van der Waals surface area contributed by atoms with Crippen molar-refractivity contribution in [2.24, 2.45) is 0 Å². The van der Waals surface area contributed by atoms with Crippen molar-refractivity contribution in [2.75, 3.05) is 5.32 Å². The number of amides is 1. The summed E-state index contributed by atoms with van der Waals surface area (Å²) in [4.78, 5) is 12.1. The van der Waals surface area contributed by atoms with Crippen LogP contribution in [0.4, 0.5) is 5.69 Å². The predicted molar refractivity (Wildman–Crippen MR) is 86.1 cm³/mol. The molecule has 0 aromatic heterocycles. The van der Waals surface area contributed by atoms with Crippen LogP contribution in [0.1, 0.15) is 18.1 Å². The van der Waals surface area contributed by atoms with Crippen molar-refractivity contribution in [3.63, 3.8) is 0 Å². The number of rotatable bonds is 4. The van der Waals surface area contributed by atoms with Gasteiger partial charge in [-0.05, 0) is 62.2 Å². The molecule has 4 heteroatoms. The van der Waals surface area contributed by atoms with E-state index >= 15 is 0 Å². The third-order valence-electron chi connectivity index (χ3n) is 3.25. The van der Waals surface area contributed by atoms with E-state index in [1.807, 2.05) is 32.0 Å². The number of carbonyl (C=O) groups is 1. The molecule has 0 radical (unpaired) electrons. The maximum absolute atomic E-state index is 12.1. The monoisotopic (exact) mass is 303 g/mol. The molecule has 0 spiro atoms. The van der Waals surface area contributed by atoms with Crippen molar-refractivity contribution in [3.8, 4) is 5.75 Å². The Morgan fingerprint density at radius 3 is 2.57 bits per heavy atom. The molecule has 1 amide bonds. The van der Waals surface area contributed by atoms with E-state index in [0.29, 0.717) is 16.5 Å². The van der Waals surface area contributed by atoms with Gasteiger partial charge < -0.3 is 10.1 Å². The van der Waals surface area contributed by atoms with Crippen molar-refractivity contribution < 1.29 is 9.53 Å². The fraction of sp³-hybridized carbons (Fsp3) is 0.235. The summed E-state index contributed by atoms with van der Waals surface area (Å²) >= 11 is 5.89. The number of ether oxygens (including phenoxy) is 1. The smallest absolute Gasteiger partial charge is 0.265 e. The maximum atomic E-state index is 12.1. The number of aryl methyl sites for hydroxylation is 2. The highest BCUT2D eigenvalue weighted by Gasteiger charge is 2.15. The quantitative estimate of drug-likeness (QED) is 0.911. The Bertz CT molecular complexity index is 655. The van der Waals surface area contributed by atoms with Crippen LogP contribution in [-0.4, -0.2) is 12.0 Å². The largest absolute Gasteiger partial charge is 0.481 e. The molecular weight excluding hydrogens is 286 g/mol. The molecule has 1 unspecified atom stereocenters. The van der Waals surface area contributed by atoms with Crippen molar-refractivity contribution >= 4 is 23.2 Å². The van der Waals surface area contributed by atoms with Gasteiger partial charge in [0.2, 0.25) is 0 Å². The van der Waals surface area contributed by atoms with Crippen LogP contribution in [0.2, 0.25) is 5.02 Å². The second-order valence-corrected chi connectivity index (χ2v) is 5.44. The summed E-state index contributed by atoms with van der Waals surface area (Å²) in [5.74, 6) is 0.474. The van der Waals surface area contributed by atoms with Crippen LogP contribution in [-0.2, 0) is 4.79 Å². The van der Waals surface area contributed by atoms with E-state index in [1.165, 1.54) is 5.56 Å². The second-order valence-electron chi connectivity index (χ2n) is 5.01. The minimum absolute atomic E-state index is 0.213. The Hall–Kier alpha value is -2.00. The summed E-state index contributed by atoms with van der Waals surface area (Å²) in [7, 11) is 0. The van der Waals surface area contributed by atoms with E-state index in [1.54, 1.807) is 31.2 Å².